The number of methoxy groups -OCH3 is 1. The molecule has 2 rings (SSSR count). The third-order valence-corrected chi connectivity index (χ3v) is 2.91. The number of ketones is 1. The van der Waals surface area contributed by atoms with Gasteiger partial charge < -0.3 is 4.74 Å². The molecule has 0 bridgehead atoms. The van der Waals surface area contributed by atoms with E-state index in [0.29, 0.717) is 5.56 Å². The highest BCUT2D eigenvalue weighted by molar-refractivity contribution is 6.03. The third-order valence-electron chi connectivity index (χ3n) is 2.91. The van der Waals surface area contributed by atoms with Crippen LogP contribution in [-0.4, -0.2) is 23.5 Å². The highest BCUT2D eigenvalue weighted by Crippen LogP contribution is 2.19. The number of aromatic nitrogens is 1. The Labute approximate surface area is 100 Å². The number of Topliss-reactive ketones (excluding diaryl/α,β-unsaturated/α-hetero) is 1. The molecule has 0 amide bonds. The minimum atomic E-state index is -0.815. The molecule has 0 aliphatic carbocycles. The summed E-state index contributed by atoms with van der Waals surface area (Å²) in [6, 6.07) is 9.57. The van der Waals surface area contributed by atoms with Crippen LogP contribution < -0.4 is 0 Å². The zero-order valence-electron chi connectivity index (χ0n) is 10.2. The van der Waals surface area contributed by atoms with Crippen LogP contribution in [-0.2, 0) is 4.74 Å². The van der Waals surface area contributed by atoms with Gasteiger partial charge in [-0.2, -0.15) is 0 Å². The minimum absolute atomic E-state index is 0.0572. The summed E-state index contributed by atoms with van der Waals surface area (Å²) in [6.45, 7) is 3.51. The maximum Gasteiger partial charge on any atom is 0.195 e. The molecule has 1 aromatic heterocycles. The van der Waals surface area contributed by atoms with Crippen molar-refractivity contribution in [2.45, 2.75) is 19.4 Å². The fourth-order valence-electron chi connectivity index (χ4n) is 1.64. The molecular weight excluding hydrogens is 214 g/mol. The molecule has 3 heteroatoms. The van der Waals surface area contributed by atoms with Crippen LogP contribution in [0, 0.1) is 0 Å². The van der Waals surface area contributed by atoms with E-state index in [1.807, 2.05) is 30.3 Å². The molecule has 0 saturated heterocycles. The number of benzene rings is 1. The summed E-state index contributed by atoms with van der Waals surface area (Å²) >= 11 is 0. The van der Waals surface area contributed by atoms with E-state index in [4.69, 9.17) is 4.74 Å². The van der Waals surface area contributed by atoms with E-state index in [1.54, 1.807) is 20.0 Å². The van der Waals surface area contributed by atoms with Gasteiger partial charge in [0, 0.05) is 24.3 Å². The summed E-state index contributed by atoms with van der Waals surface area (Å²) in [5, 5.41) is 0.963. The Hall–Kier alpha value is -1.74. The summed E-state index contributed by atoms with van der Waals surface area (Å²) in [5.74, 6) is -0.0572. The van der Waals surface area contributed by atoms with E-state index in [0.717, 1.165) is 10.9 Å². The zero-order chi connectivity index (χ0) is 12.5. The van der Waals surface area contributed by atoms with Crippen molar-refractivity contribution in [2.24, 2.45) is 0 Å². The Balaban J connectivity index is 2.47. The lowest BCUT2D eigenvalue weighted by Gasteiger charge is -2.21. The highest BCUT2D eigenvalue weighted by atomic mass is 16.5. The Bertz CT molecular complexity index is 561. The number of hydrogen-bond donors (Lipinski definition) is 0. The van der Waals surface area contributed by atoms with Crippen LogP contribution in [0.15, 0.2) is 36.5 Å². The number of rotatable bonds is 3. The second-order valence-corrected chi connectivity index (χ2v) is 4.46. The van der Waals surface area contributed by atoms with Gasteiger partial charge in [0.2, 0.25) is 0 Å². The molecule has 0 radical (unpaired) electrons. The monoisotopic (exact) mass is 229 g/mol. The average Bonchev–Trinajstić information content (AvgIpc) is 2.37. The molecule has 0 aliphatic heterocycles. The Morgan fingerprint density at radius 3 is 2.71 bits per heavy atom. The van der Waals surface area contributed by atoms with Crippen LogP contribution in [0.5, 0.6) is 0 Å². The number of ether oxygens (including phenoxy) is 1. The molecule has 88 valence electrons. The second kappa shape index (κ2) is 4.26. The van der Waals surface area contributed by atoms with Crippen molar-refractivity contribution in [2.75, 3.05) is 7.11 Å². The Kier molecular flexibility index (Phi) is 2.94. The molecule has 0 saturated carbocycles. The smallest absolute Gasteiger partial charge is 0.195 e. The van der Waals surface area contributed by atoms with Crippen LogP contribution in [0.3, 0.4) is 0 Å². The lowest BCUT2D eigenvalue weighted by Crippen LogP contribution is -2.33. The van der Waals surface area contributed by atoms with E-state index >= 15 is 0 Å². The number of fused-ring (bicyclic) bond motifs is 1. The van der Waals surface area contributed by atoms with Gasteiger partial charge in [-0.05, 0) is 26.0 Å². The number of hydrogen-bond acceptors (Lipinski definition) is 3. The molecule has 0 atom stereocenters. The number of carbonyl (C=O) groups excluding carboxylic acids is 1. The molecule has 0 spiro atoms. The van der Waals surface area contributed by atoms with Crippen molar-refractivity contribution < 1.29 is 9.53 Å². The number of para-hydroxylation sites is 1. The first kappa shape index (κ1) is 11.7. The van der Waals surface area contributed by atoms with Crippen LogP contribution in [0.1, 0.15) is 24.2 Å². The molecule has 0 unspecified atom stereocenters. The molecule has 0 aliphatic rings. The summed E-state index contributed by atoms with van der Waals surface area (Å²) < 4.78 is 5.19. The van der Waals surface area contributed by atoms with Crippen LogP contribution in [0.4, 0.5) is 0 Å². The number of pyridine rings is 1. The van der Waals surface area contributed by atoms with Crippen molar-refractivity contribution in [3.8, 4) is 0 Å². The van der Waals surface area contributed by atoms with Gasteiger partial charge in [0.05, 0.1) is 5.52 Å². The van der Waals surface area contributed by atoms with Crippen molar-refractivity contribution in [1.29, 1.82) is 0 Å². The van der Waals surface area contributed by atoms with Gasteiger partial charge in [-0.1, -0.05) is 18.2 Å². The first-order valence-electron chi connectivity index (χ1n) is 5.49. The van der Waals surface area contributed by atoms with Gasteiger partial charge >= 0.3 is 0 Å². The fraction of sp³-hybridized carbons (Fsp3) is 0.286. The van der Waals surface area contributed by atoms with Gasteiger partial charge in [-0.25, -0.2) is 0 Å². The Morgan fingerprint density at radius 2 is 2.00 bits per heavy atom. The van der Waals surface area contributed by atoms with Crippen LogP contribution >= 0.6 is 0 Å². The van der Waals surface area contributed by atoms with Gasteiger partial charge in [0.1, 0.15) is 5.60 Å². The summed E-state index contributed by atoms with van der Waals surface area (Å²) in [7, 11) is 1.53. The number of carbonyl (C=O) groups is 1. The molecule has 0 fully saturated rings. The lowest BCUT2D eigenvalue weighted by molar-refractivity contribution is 0.0228. The third kappa shape index (κ3) is 2.19. The maximum atomic E-state index is 12.2. The van der Waals surface area contributed by atoms with Gasteiger partial charge in [-0.3, -0.25) is 9.78 Å². The second-order valence-electron chi connectivity index (χ2n) is 4.46. The van der Waals surface area contributed by atoms with E-state index in [1.165, 1.54) is 7.11 Å². The van der Waals surface area contributed by atoms with Crippen molar-refractivity contribution in [1.82, 2.24) is 4.98 Å². The average molecular weight is 229 g/mol. The molecule has 2 aromatic rings. The molecule has 0 N–H and O–H groups in total. The predicted molar refractivity (Wildman–Crippen MR) is 67.2 cm³/mol. The SMILES string of the molecule is COC(C)(C)C(=O)c1cnc2ccccc2c1. The molecular formula is C14H15NO2. The topological polar surface area (TPSA) is 39.2 Å². The standard InChI is InChI=1S/C14H15NO2/c1-14(2,17-3)13(16)11-8-10-6-4-5-7-12(10)15-9-11/h4-9H,1-3H3. The fourth-order valence-corrected chi connectivity index (χ4v) is 1.64. The van der Waals surface area contributed by atoms with Crippen molar-refractivity contribution >= 4 is 16.7 Å². The molecule has 1 heterocycles. The van der Waals surface area contributed by atoms with E-state index in [9.17, 15) is 4.79 Å². The predicted octanol–water partition coefficient (Wildman–Crippen LogP) is 2.84. The zero-order valence-corrected chi connectivity index (χ0v) is 10.2. The summed E-state index contributed by atoms with van der Waals surface area (Å²) in [4.78, 5) is 16.4. The molecule has 17 heavy (non-hydrogen) atoms. The summed E-state index contributed by atoms with van der Waals surface area (Å²) in [5.41, 5.74) is 0.652. The maximum absolute atomic E-state index is 12.2. The van der Waals surface area contributed by atoms with Crippen molar-refractivity contribution in [3.63, 3.8) is 0 Å². The van der Waals surface area contributed by atoms with Crippen molar-refractivity contribution in [3.05, 3.63) is 42.1 Å². The van der Waals surface area contributed by atoms with Gasteiger partial charge in [0.15, 0.2) is 5.78 Å². The van der Waals surface area contributed by atoms with E-state index in [-0.39, 0.29) is 5.78 Å². The first-order chi connectivity index (χ1) is 8.04. The quantitative estimate of drug-likeness (QED) is 0.760. The molecule has 1 aromatic carbocycles. The lowest BCUT2D eigenvalue weighted by atomic mass is 9.97. The Morgan fingerprint density at radius 1 is 1.29 bits per heavy atom. The van der Waals surface area contributed by atoms with Gasteiger partial charge in [0.25, 0.3) is 0 Å². The first-order valence-corrected chi connectivity index (χ1v) is 5.49. The summed E-state index contributed by atoms with van der Waals surface area (Å²) in [6.07, 6.45) is 1.60. The number of nitrogens with zero attached hydrogens (tertiary/aromatic N) is 1. The molecule has 3 nitrogen and oxygen atoms in total. The largest absolute Gasteiger partial charge is 0.371 e. The highest BCUT2D eigenvalue weighted by Gasteiger charge is 2.28. The van der Waals surface area contributed by atoms with Crippen LogP contribution in [0.2, 0.25) is 0 Å². The van der Waals surface area contributed by atoms with E-state index < -0.39 is 5.60 Å². The van der Waals surface area contributed by atoms with Gasteiger partial charge in [-0.15, -0.1) is 0 Å². The van der Waals surface area contributed by atoms with E-state index in [2.05, 4.69) is 4.98 Å². The minimum Gasteiger partial charge on any atom is -0.371 e. The normalized spacial score (nSPS) is 11.7. The van der Waals surface area contributed by atoms with Crippen LogP contribution in [0.25, 0.3) is 10.9 Å².